The summed E-state index contributed by atoms with van der Waals surface area (Å²) in [5.41, 5.74) is 3.98. The monoisotopic (exact) mass is 431 g/mol. The lowest BCUT2D eigenvalue weighted by Crippen LogP contribution is -2.22. The number of hydrogen-bond acceptors (Lipinski definition) is 4. The molecule has 160 valence electrons. The van der Waals surface area contributed by atoms with Crippen molar-refractivity contribution in [2.24, 2.45) is 0 Å². The Morgan fingerprint density at radius 2 is 1.24 bits per heavy atom. The summed E-state index contributed by atoms with van der Waals surface area (Å²) in [5.74, 6) is 0.254. The molecule has 1 aromatic heterocycles. The van der Waals surface area contributed by atoms with Crippen LogP contribution in [-0.4, -0.2) is 16.0 Å². The summed E-state index contributed by atoms with van der Waals surface area (Å²) >= 11 is 0. The maximum absolute atomic E-state index is 13.5. The SMILES string of the molecule is O=C(Nc1ccccc1-c1nc(-c2ccccc2)no1)C(c1ccccc1)c1ccccc1. The van der Waals surface area contributed by atoms with E-state index in [1.54, 1.807) is 0 Å². The van der Waals surface area contributed by atoms with E-state index in [2.05, 4.69) is 15.5 Å². The average Bonchev–Trinajstić information content (AvgIpc) is 3.37. The van der Waals surface area contributed by atoms with Crippen molar-refractivity contribution in [1.29, 1.82) is 0 Å². The Morgan fingerprint density at radius 1 is 0.697 bits per heavy atom. The van der Waals surface area contributed by atoms with Gasteiger partial charge >= 0.3 is 0 Å². The van der Waals surface area contributed by atoms with Gasteiger partial charge < -0.3 is 9.84 Å². The number of para-hydroxylation sites is 1. The predicted molar refractivity (Wildman–Crippen MR) is 129 cm³/mol. The van der Waals surface area contributed by atoms with Crippen molar-refractivity contribution in [2.75, 3.05) is 5.32 Å². The summed E-state index contributed by atoms with van der Waals surface area (Å²) in [5, 5.41) is 7.20. The van der Waals surface area contributed by atoms with Gasteiger partial charge in [0.1, 0.15) is 0 Å². The van der Waals surface area contributed by atoms with Crippen LogP contribution in [0.3, 0.4) is 0 Å². The minimum atomic E-state index is -0.456. The number of aromatic nitrogens is 2. The van der Waals surface area contributed by atoms with Gasteiger partial charge in [-0.3, -0.25) is 4.79 Å². The van der Waals surface area contributed by atoms with E-state index in [0.29, 0.717) is 23.0 Å². The highest BCUT2D eigenvalue weighted by molar-refractivity contribution is 6.00. The fourth-order valence-corrected chi connectivity index (χ4v) is 3.81. The highest BCUT2D eigenvalue weighted by atomic mass is 16.5. The first-order valence-electron chi connectivity index (χ1n) is 10.7. The Labute approximate surface area is 191 Å². The van der Waals surface area contributed by atoms with E-state index in [4.69, 9.17) is 4.52 Å². The number of nitrogens with one attached hydrogen (secondary N) is 1. The number of amides is 1. The lowest BCUT2D eigenvalue weighted by Gasteiger charge is -2.18. The minimum Gasteiger partial charge on any atom is -0.334 e. The highest BCUT2D eigenvalue weighted by Gasteiger charge is 2.24. The van der Waals surface area contributed by atoms with E-state index in [9.17, 15) is 4.79 Å². The summed E-state index contributed by atoms with van der Waals surface area (Å²) < 4.78 is 5.54. The van der Waals surface area contributed by atoms with E-state index in [-0.39, 0.29) is 5.91 Å². The Balaban J connectivity index is 1.47. The summed E-state index contributed by atoms with van der Waals surface area (Å²) in [6.45, 7) is 0. The third kappa shape index (κ3) is 4.43. The largest absolute Gasteiger partial charge is 0.334 e. The van der Waals surface area contributed by atoms with E-state index >= 15 is 0 Å². The average molecular weight is 431 g/mol. The van der Waals surface area contributed by atoms with Crippen LogP contribution in [0.2, 0.25) is 0 Å². The number of carbonyl (C=O) groups excluding carboxylic acids is 1. The van der Waals surface area contributed by atoms with Crippen LogP contribution < -0.4 is 5.32 Å². The van der Waals surface area contributed by atoms with E-state index < -0.39 is 5.92 Å². The van der Waals surface area contributed by atoms with Crippen LogP contribution in [0.15, 0.2) is 120 Å². The predicted octanol–water partition coefficient (Wildman–Crippen LogP) is 6.17. The van der Waals surface area contributed by atoms with Gasteiger partial charge in [-0.05, 0) is 23.3 Å². The van der Waals surface area contributed by atoms with Crippen molar-refractivity contribution >= 4 is 11.6 Å². The molecule has 0 fully saturated rings. The quantitative estimate of drug-likeness (QED) is 0.349. The van der Waals surface area contributed by atoms with Crippen LogP contribution in [-0.2, 0) is 4.79 Å². The maximum Gasteiger partial charge on any atom is 0.260 e. The van der Waals surface area contributed by atoms with Gasteiger partial charge in [0.15, 0.2) is 0 Å². The van der Waals surface area contributed by atoms with Gasteiger partial charge in [0.25, 0.3) is 5.89 Å². The van der Waals surface area contributed by atoms with Gasteiger partial charge in [0.2, 0.25) is 11.7 Å². The smallest absolute Gasteiger partial charge is 0.260 e. The minimum absolute atomic E-state index is 0.136. The van der Waals surface area contributed by atoms with E-state index in [0.717, 1.165) is 16.7 Å². The molecule has 0 spiro atoms. The molecule has 0 aliphatic rings. The third-order valence-corrected chi connectivity index (χ3v) is 5.40. The van der Waals surface area contributed by atoms with Crippen LogP contribution in [0.5, 0.6) is 0 Å². The van der Waals surface area contributed by atoms with Crippen LogP contribution in [0.25, 0.3) is 22.8 Å². The fourth-order valence-electron chi connectivity index (χ4n) is 3.81. The second-order valence-electron chi connectivity index (χ2n) is 7.58. The molecule has 5 heteroatoms. The first-order valence-corrected chi connectivity index (χ1v) is 10.7. The van der Waals surface area contributed by atoms with Gasteiger partial charge in [-0.25, -0.2) is 0 Å². The van der Waals surface area contributed by atoms with Gasteiger partial charge in [-0.15, -0.1) is 0 Å². The topological polar surface area (TPSA) is 68.0 Å². The second-order valence-corrected chi connectivity index (χ2v) is 7.58. The fraction of sp³-hybridized carbons (Fsp3) is 0.0357. The number of carbonyl (C=O) groups is 1. The molecule has 0 bridgehead atoms. The Hall–Kier alpha value is -4.51. The number of hydrogen-bond donors (Lipinski definition) is 1. The van der Waals surface area contributed by atoms with Crippen molar-refractivity contribution in [3.05, 3.63) is 126 Å². The first-order chi connectivity index (χ1) is 16.3. The first kappa shape index (κ1) is 20.4. The molecule has 1 amide bonds. The zero-order chi connectivity index (χ0) is 22.5. The Kier molecular flexibility index (Phi) is 5.76. The number of anilines is 1. The molecule has 0 radical (unpaired) electrons. The molecule has 4 aromatic carbocycles. The summed E-state index contributed by atoms with van der Waals surface area (Å²) in [6, 6.07) is 36.6. The van der Waals surface area contributed by atoms with Crippen molar-refractivity contribution < 1.29 is 9.32 Å². The van der Waals surface area contributed by atoms with Gasteiger partial charge in [-0.1, -0.05) is 108 Å². The van der Waals surface area contributed by atoms with Crippen molar-refractivity contribution in [3.63, 3.8) is 0 Å². The molecular formula is C28H21N3O2. The van der Waals surface area contributed by atoms with Gasteiger partial charge in [-0.2, -0.15) is 4.98 Å². The molecule has 0 aliphatic carbocycles. The van der Waals surface area contributed by atoms with E-state index in [1.807, 2.05) is 115 Å². The lowest BCUT2D eigenvalue weighted by molar-refractivity contribution is -0.116. The molecule has 5 nitrogen and oxygen atoms in total. The standard InChI is InChI=1S/C28H21N3O2/c32-27(25(20-12-4-1-5-13-20)21-14-6-2-7-15-21)29-24-19-11-10-18-23(24)28-30-26(31-33-28)22-16-8-3-9-17-22/h1-19,25H,(H,29,32). The molecule has 0 unspecified atom stereocenters. The highest BCUT2D eigenvalue weighted by Crippen LogP contribution is 2.31. The van der Waals surface area contributed by atoms with Crippen LogP contribution in [0.1, 0.15) is 17.0 Å². The van der Waals surface area contributed by atoms with Crippen LogP contribution in [0.4, 0.5) is 5.69 Å². The molecule has 1 N–H and O–H groups in total. The van der Waals surface area contributed by atoms with E-state index in [1.165, 1.54) is 0 Å². The second kappa shape index (κ2) is 9.32. The molecule has 0 saturated carbocycles. The summed E-state index contributed by atoms with van der Waals surface area (Å²) in [6.07, 6.45) is 0. The van der Waals surface area contributed by atoms with Crippen molar-refractivity contribution in [2.45, 2.75) is 5.92 Å². The normalized spacial score (nSPS) is 10.8. The summed E-state index contributed by atoms with van der Waals surface area (Å²) in [7, 11) is 0. The molecule has 0 atom stereocenters. The number of nitrogens with zero attached hydrogens (tertiary/aromatic N) is 2. The Bertz CT molecular complexity index is 1310. The molecule has 0 aliphatic heterocycles. The molecule has 33 heavy (non-hydrogen) atoms. The molecule has 5 rings (SSSR count). The number of rotatable bonds is 6. The van der Waals surface area contributed by atoms with Crippen molar-refractivity contribution in [1.82, 2.24) is 10.1 Å². The van der Waals surface area contributed by atoms with Crippen LogP contribution >= 0.6 is 0 Å². The van der Waals surface area contributed by atoms with Crippen molar-refractivity contribution in [3.8, 4) is 22.8 Å². The number of benzene rings is 4. The lowest BCUT2D eigenvalue weighted by atomic mass is 9.90. The molecule has 0 saturated heterocycles. The third-order valence-electron chi connectivity index (χ3n) is 5.40. The zero-order valence-electron chi connectivity index (χ0n) is 17.8. The zero-order valence-corrected chi connectivity index (χ0v) is 17.8. The van der Waals surface area contributed by atoms with Gasteiger partial charge in [0.05, 0.1) is 17.2 Å². The molecular weight excluding hydrogens is 410 g/mol. The van der Waals surface area contributed by atoms with Gasteiger partial charge in [0, 0.05) is 5.56 Å². The van der Waals surface area contributed by atoms with Crippen LogP contribution in [0, 0.1) is 0 Å². The maximum atomic E-state index is 13.5. The Morgan fingerprint density at radius 3 is 1.88 bits per heavy atom. The molecule has 5 aromatic rings. The molecule has 1 heterocycles. The summed E-state index contributed by atoms with van der Waals surface area (Å²) in [4.78, 5) is 18.1.